The molecule has 10 atom stereocenters. The molecule has 0 bridgehead atoms. The van der Waals surface area contributed by atoms with Crippen LogP contribution in [-0.4, -0.2) is 115 Å². The normalized spacial score (nSPS) is 35.5. The van der Waals surface area contributed by atoms with Gasteiger partial charge in [-0.05, 0) is 11.8 Å². The molecule has 0 saturated carbocycles. The van der Waals surface area contributed by atoms with E-state index in [1.165, 1.54) is 6.92 Å². The highest BCUT2D eigenvalue weighted by atomic mass is 32.3. The molecule has 17 nitrogen and oxygen atoms in total. The molecule has 39 heavy (non-hydrogen) atoms. The Labute approximate surface area is 229 Å². The predicted octanol–water partition coefficient (Wildman–Crippen LogP) is -1.19. The number of aliphatic carboxylic acids is 1. The number of aliphatic hydroxyl groups excluding tert-OH is 2. The highest BCUT2D eigenvalue weighted by molar-refractivity contribution is 7.89. The summed E-state index contributed by atoms with van der Waals surface area (Å²) in [6, 6.07) is -0.954. The molecule has 0 radical (unpaired) electrons. The lowest BCUT2D eigenvalue weighted by Crippen LogP contribution is -2.63. The van der Waals surface area contributed by atoms with Crippen LogP contribution >= 0.6 is 12.3 Å². The Hall–Kier alpha value is -1.20. The summed E-state index contributed by atoms with van der Waals surface area (Å²) in [7, 11) is -4.89. The molecule has 0 aromatic heterocycles. The maximum Gasteiger partial charge on any atom is 0.397 e. The average Bonchev–Trinajstić information content (AvgIpc) is 2.86. The molecule has 10 unspecified atom stereocenters. The highest BCUT2D eigenvalue weighted by Crippen LogP contribution is 2.36. The molecule has 2 aliphatic rings. The lowest BCUT2D eigenvalue weighted by atomic mass is 9.76. The van der Waals surface area contributed by atoms with Gasteiger partial charge in [0.05, 0.1) is 38.6 Å². The number of aliphatic hydroxyl groups is 2. The number of rotatable bonds is 15. The quantitative estimate of drug-likeness (QED) is 0.0420. The number of carbonyl (C=O) groups is 2. The van der Waals surface area contributed by atoms with Gasteiger partial charge in [0, 0.05) is 25.4 Å². The fraction of sp³-hybridized carbons (Fsp3) is 0.900. The maximum atomic E-state index is 11.9. The van der Waals surface area contributed by atoms with E-state index in [1.54, 1.807) is 6.92 Å². The van der Waals surface area contributed by atoms with E-state index in [4.69, 9.17) is 28.2 Å². The first-order valence-corrected chi connectivity index (χ1v) is 13.9. The van der Waals surface area contributed by atoms with Crippen molar-refractivity contribution in [1.82, 2.24) is 5.32 Å². The third-order valence-corrected chi connectivity index (χ3v) is 7.84. The lowest BCUT2D eigenvalue weighted by Gasteiger charge is -2.46. The zero-order valence-corrected chi connectivity index (χ0v) is 23.0. The summed E-state index contributed by atoms with van der Waals surface area (Å²) in [6.45, 7) is 2.75. The minimum absolute atomic E-state index is 0.107. The standard InChI is InChI=1S/C20H35NO16S2/c1-9-10(2)15(34-19(20(25)26)12(9)4-22)7-31-6-13-17(21-11(3)24)14(5-23)33-16(8-32-39(28,29)30)18(13)35-38-37-36-27/h9-10,12-19,22-23,27H,4-8H2,1-3H3,(H,21,24)(H,25,26)(H,28,29,30). The number of hydrogen-bond donors (Lipinski definition) is 6. The molecule has 0 aliphatic carbocycles. The van der Waals surface area contributed by atoms with Crippen LogP contribution in [-0.2, 0) is 51.9 Å². The van der Waals surface area contributed by atoms with Gasteiger partial charge in [-0.25, -0.2) is 14.2 Å². The van der Waals surface area contributed by atoms with Crippen LogP contribution in [0.5, 0.6) is 0 Å². The van der Waals surface area contributed by atoms with Crippen molar-refractivity contribution in [2.75, 3.05) is 33.0 Å². The number of carbonyl (C=O) groups excluding carboxylic acids is 1. The molecule has 2 aliphatic heterocycles. The second-order valence-corrected chi connectivity index (χ2v) is 10.9. The summed E-state index contributed by atoms with van der Waals surface area (Å²) >= 11 is 0.135. The van der Waals surface area contributed by atoms with E-state index in [9.17, 15) is 33.3 Å². The van der Waals surface area contributed by atoms with Gasteiger partial charge in [-0.1, -0.05) is 18.9 Å². The van der Waals surface area contributed by atoms with Gasteiger partial charge >= 0.3 is 16.4 Å². The number of ether oxygens (including phenoxy) is 3. The van der Waals surface area contributed by atoms with Crippen molar-refractivity contribution >= 4 is 34.6 Å². The molecule has 228 valence electrons. The fourth-order valence-corrected chi connectivity index (χ4v) is 5.58. The SMILES string of the molecule is CC(=O)NC1C(CO)OC(COS(=O)(=O)O)C(OSOOO)C1COCC1OC(C(=O)O)C(CO)C(C)C1C. The molecular weight excluding hydrogens is 574 g/mol. The van der Waals surface area contributed by atoms with Crippen molar-refractivity contribution in [3.63, 3.8) is 0 Å². The Morgan fingerprint density at radius 1 is 0.974 bits per heavy atom. The number of nitrogens with one attached hydrogen (secondary N) is 1. The second-order valence-electron chi connectivity index (χ2n) is 9.30. The molecule has 2 rings (SSSR count). The van der Waals surface area contributed by atoms with Crippen LogP contribution in [0.15, 0.2) is 0 Å². The van der Waals surface area contributed by atoms with Gasteiger partial charge < -0.3 is 34.8 Å². The zero-order valence-electron chi connectivity index (χ0n) is 21.4. The molecule has 1 amide bonds. The summed E-state index contributed by atoms with van der Waals surface area (Å²) in [5.74, 6) is -3.67. The van der Waals surface area contributed by atoms with Gasteiger partial charge in [0.2, 0.25) is 5.91 Å². The van der Waals surface area contributed by atoms with E-state index in [0.717, 1.165) is 0 Å². The number of carboxylic acid groups (broad SMARTS) is 1. The van der Waals surface area contributed by atoms with Crippen molar-refractivity contribution < 1.29 is 75.1 Å². The minimum Gasteiger partial charge on any atom is -0.479 e. The first-order valence-electron chi connectivity index (χ1n) is 11.9. The molecule has 0 spiro atoms. The van der Waals surface area contributed by atoms with Crippen LogP contribution in [0, 0.1) is 23.7 Å². The number of carboxylic acids is 1. The van der Waals surface area contributed by atoms with Gasteiger partial charge in [0.1, 0.15) is 18.3 Å². The molecule has 19 heteroatoms. The van der Waals surface area contributed by atoms with Gasteiger partial charge in [-0.15, -0.1) is 4.33 Å². The Balaban J connectivity index is 2.26. The van der Waals surface area contributed by atoms with E-state index in [1.807, 2.05) is 6.92 Å². The van der Waals surface area contributed by atoms with Crippen molar-refractivity contribution in [2.24, 2.45) is 23.7 Å². The van der Waals surface area contributed by atoms with Crippen molar-refractivity contribution in [1.29, 1.82) is 0 Å². The lowest BCUT2D eigenvalue weighted by molar-refractivity contribution is -0.434. The van der Waals surface area contributed by atoms with Gasteiger partial charge in [0.15, 0.2) is 18.4 Å². The third-order valence-electron chi connectivity index (χ3n) is 6.99. The summed E-state index contributed by atoms with van der Waals surface area (Å²) in [5.41, 5.74) is 0. The van der Waals surface area contributed by atoms with Crippen LogP contribution in [0.1, 0.15) is 20.8 Å². The summed E-state index contributed by atoms with van der Waals surface area (Å²) in [4.78, 5) is 23.6. The first kappa shape index (κ1) is 34.0. The Morgan fingerprint density at radius 2 is 1.67 bits per heavy atom. The van der Waals surface area contributed by atoms with E-state index in [0.29, 0.717) is 0 Å². The summed E-state index contributed by atoms with van der Waals surface area (Å²) in [6.07, 6.45) is -5.52. The predicted molar refractivity (Wildman–Crippen MR) is 128 cm³/mol. The van der Waals surface area contributed by atoms with E-state index >= 15 is 0 Å². The van der Waals surface area contributed by atoms with Crippen molar-refractivity contribution in [3.8, 4) is 0 Å². The molecule has 0 aromatic rings. The largest absolute Gasteiger partial charge is 0.479 e. The van der Waals surface area contributed by atoms with E-state index in [-0.39, 0.29) is 44.0 Å². The topological polar surface area (TPSA) is 246 Å². The minimum atomic E-state index is -4.89. The average molecular weight is 610 g/mol. The summed E-state index contributed by atoms with van der Waals surface area (Å²) < 4.78 is 62.7. The van der Waals surface area contributed by atoms with Gasteiger partial charge in [-0.3, -0.25) is 13.5 Å². The molecule has 6 N–H and O–H groups in total. The van der Waals surface area contributed by atoms with Crippen LogP contribution < -0.4 is 5.32 Å². The highest BCUT2D eigenvalue weighted by Gasteiger charge is 2.49. The number of hydrogen-bond acceptors (Lipinski definition) is 15. The van der Waals surface area contributed by atoms with E-state index < -0.39 is 83.9 Å². The first-order chi connectivity index (χ1) is 18.3. The van der Waals surface area contributed by atoms with Crippen molar-refractivity contribution in [2.45, 2.75) is 57.3 Å². The third kappa shape index (κ3) is 9.69. The van der Waals surface area contributed by atoms with Crippen LogP contribution in [0.3, 0.4) is 0 Å². The Bertz CT molecular complexity index is 893. The molecule has 0 aromatic carbocycles. The van der Waals surface area contributed by atoms with Crippen molar-refractivity contribution in [3.05, 3.63) is 0 Å². The number of amides is 1. The van der Waals surface area contributed by atoms with E-state index in [2.05, 4.69) is 18.9 Å². The Kier molecular flexibility index (Phi) is 13.7. The monoisotopic (exact) mass is 609 g/mol. The molecule has 2 saturated heterocycles. The second kappa shape index (κ2) is 15.7. The molecular formula is C20H35NO16S2. The Morgan fingerprint density at radius 3 is 2.21 bits per heavy atom. The van der Waals surface area contributed by atoms with Gasteiger partial charge in [-0.2, -0.15) is 8.42 Å². The maximum absolute atomic E-state index is 11.9. The smallest absolute Gasteiger partial charge is 0.397 e. The molecule has 2 heterocycles. The molecule has 2 fully saturated rings. The zero-order chi connectivity index (χ0) is 29.3. The fourth-order valence-electron chi connectivity index (χ4n) is 4.86. The van der Waals surface area contributed by atoms with Crippen LogP contribution in [0.4, 0.5) is 0 Å². The van der Waals surface area contributed by atoms with Crippen LogP contribution in [0.25, 0.3) is 0 Å². The summed E-state index contributed by atoms with van der Waals surface area (Å²) in [5, 5.41) is 43.7. The van der Waals surface area contributed by atoms with Crippen LogP contribution in [0.2, 0.25) is 0 Å². The van der Waals surface area contributed by atoms with Gasteiger partial charge in [0.25, 0.3) is 0 Å².